The van der Waals surface area contributed by atoms with Gasteiger partial charge in [-0.3, -0.25) is 9.78 Å². The van der Waals surface area contributed by atoms with Crippen LogP contribution >= 0.6 is 0 Å². The van der Waals surface area contributed by atoms with Crippen molar-refractivity contribution < 1.29 is 9.53 Å². The van der Waals surface area contributed by atoms with Gasteiger partial charge in [-0.05, 0) is 12.1 Å². The smallest absolute Gasteiger partial charge is 0.207 e. The molecule has 0 aromatic carbocycles. The average Bonchev–Trinajstić information content (AvgIpc) is 2.15. The molecule has 12 heavy (non-hydrogen) atoms. The van der Waals surface area contributed by atoms with E-state index in [2.05, 4.69) is 9.72 Å². The molecule has 62 valence electrons. The van der Waals surface area contributed by atoms with Gasteiger partial charge in [0.25, 0.3) is 0 Å². The summed E-state index contributed by atoms with van der Waals surface area (Å²) in [5, 5.41) is 0. The molecule has 0 amide bonds. The summed E-state index contributed by atoms with van der Waals surface area (Å²) in [4.78, 5) is 15.0. The van der Waals surface area contributed by atoms with E-state index in [4.69, 9.17) is 0 Å². The summed E-state index contributed by atoms with van der Waals surface area (Å²) in [5.74, 6) is -0.155. The van der Waals surface area contributed by atoms with E-state index in [1.54, 1.807) is 24.4 Å². The van der Waals surface area contributed by atoms with Gasteiger partial charge in [-0.2, -0.15) is 0 Å². The molecule has 0 saturated heterocycles. The summed E-state index contributed by atoms with van der Waals surface area (Å²) >= 11 is 0. The quantitative estimate of drug-likeness (QED) is 0.384. The summed E-state index contributed by atoms with van der Waals surface area (Å²) in [6.45, 7) is 0. The number of nitrogens with zero attached hydrogens (tertiary/aromatic N) is 1. The maximum atomic E-state index is 11.2. The summed E-state index contributed by atoms with van der Waals surface area (Å²) < 4.78 is 4.60. The summed E-state index contributed by atoms with van der Waals surface area (Å²) in [7, 11) is 1.49. The zero-order valence-corrected chi connectivity index (χ0v) is 6.73. The van der Waals surface area contributed by atoms with Crippen LogP contribution in [0.4, 0.5) is 0 Å². The second kappa shape index (κ2) is 4.28. The molecule has 0 spiro atoms. The number of rotatable bonds is 3. The van der Waals surface area contributed by atoms with E-state index in [1.165, 1.54) is 19.4 Å². The third kappa shape index (κ3) is 2.20. The van der Waals surface area contributed by atoms with Crippen molar-refractivity contribution in [3.63, 3.8) is 0 Å². The Bertz CT molecular complexity index is 280. The molecule has 0 aliphatic heterocycles. The average molecular weight is 163 g/mol. The Balaban J connectivity index is 2.72. The minimum Gasteiger partial charge on any atom is -0.504 e. The maximum Gasteiger partial charge on any atom is 0.207 e. The molecule has 0 unspecified atom stereocenters. The highest BCUT2D eigenvalue weighted by Gasteiger charge is 1.99. The maximum absolute atomic E-state index is 11.2. The number of hydrogen-bond donors (Lipinski definition) is 0. The number of pyridine rings is 1. The summed E-state index contributed by atoms with van der Waals surface area (Å²) in [6, 6.07) is 5.18. The molecule has 1 aromatic rings. The van der Waals surface area contributed by atoms with Gasteiger partial charge in [0.15, 0.2) is 0 Å². The van der Waals surface area contributed by atoms with E-state index in [-0.39, 0.29) is 5.78 Å². The molecule has 0 radical (unpaired) electrons. The number of ether oxygens (including phenoxy) is 1. The molecule has 1 aromatic heterocycles. The van der Waals surface area contributed by atoms with Crippen molar-refractivity contribution in [2.45, 2.75) is 0 Å². The molecule has 3 nitrogen and oxygen atoms in total. The fraction of sp³-hybridized carbons (Fsp3) is 0.111. The molecular weight excluding hydrogens is 154 g/mol. The van der Waals surface area contributed by atoms with Gasteiger partial charge in [0.05, 0.1) is 13.4 Å². The second-order valence-corrected chi connectivity index (χ2v) is 2.12. The SMILES string of the molecule is CO/C=C/C(=O)c1ccccn1. The number of carbonyl (C=O) groups is 1. The molecule has 0 fully saturated rings. The lowest BCUT2D eigenvalue weighted by Gasteiger charge is -1.91. The van der Waals surface area contributed by atoms with E-state index >= 15 is 0 Å². The van der Waals surface area contributed by atoms with Gasteiger partial charge in [-0.1, -0.05) is 6.07 Å². The first-order chi connectivity index (χ1) is 5.84. The molecule has 0 bridgehead atoms. The lowest BCUT2D eigenvalue weighted by atomic mass is 10.2. The Labute approximate surface area is 70.7 Å². The largest absolute Gasteiger partial charge is 0.504 e. The summed E-state index contributed by atoms with van der Waals surface area (Å²) in [5.41, 5.74) is 0.422. The highest BCUT2D eigenvalue weighted by atomic mass is 16.5. The van der Waals surface area contributed by atoms with Gasteiger partial charge in [0, 0.05) is 12.3 Å². The highest BCUT2D eigenvalue weighted by molar-refractivity contribution is 6.02. The molecule has 0 aliphatic carbocycles. The van der Waals surface area contributed by atoms with Gasteiger partial charge in [-0.25, -0.2) is 0 Å². The fourth-order valence-electron chi connectivity index (χ4n) is 0.724. The van der Waals surface area contributed by atoms with Gasteiger partial charge in [0.2, 0.25) is 5.78 Å². The van der Waals surface area contributed by atoms with Crippen molar-refractivity contribution in [1.82, 2.24) is 4.98 Å². The molecule has 0 N–H and O–H groups in total. The standard InChI is InChI=1S/C9H9NO2/c1-12-7-5-9(11)8-4-2-3-6-10-8/h2-7H,1H3/b7-5+. The van der Waals surface area contributed by atoms with Crippen LogP contribution in [0.25, 0.3) is 0 Å². The van der Waals surface area contributed by atoms with Gasteiger partial charge >= 0.3 is 0 Å². The van der Waals surface area contributed by atoms with Crippen LogP contribution in [0.1, 0.15) is 10.5 Å². The first-order valence-electron chi connectivity index (χ1n) is 3.49. The van der Waals surface area contributed by atoms with Crippen molar-refractivity contribution in [3.05, 3.63) is 42.4 Å². The van der Waals surface area contributed by atoms with Crippen LogP contribution < -0.4 is 0 Å². The number of carbonyl (C=O) groups excluding carboxylic acids is 1. The van der Waals surface area contributed by atoms with E-state index in [0.717, 1.165) is 0 Å². The molecule has 0 atom stereocenters. The zero-order valence-electron chi connectivity index (χ0n) is 6.73. The number of allylic oxidation sites excluding steroid dienone is 1. The Morgan fingerprint density at radius 1 is 1.58 bits per heavy atom. The van der Waals surface area contributed by atoms with E-state index in [9.17, 15) is 4.79 Å². The Kier molecular flexibility index (Phi) is 3.02. The number of ketones is 1. The Morgan fingerprint density at radius 3 is 3.00 bits per heavy atom. The minimum absolute atomic E-state index is 0.155. The monoisotopic (exact) mass is 163 g/mol. The van der Waals surface area contributed by atoms with Crippen LogP contribution in [0.2, 0.25) is 0 Å². The number of hydrogen-bond acceptors (Lipinski definition) is 3. The minimum atomic E-state index is -0.155. The van der Waals surface area contributed by atoms with Gasteiger partial charge in [0.1, 0.15) is 5.69 Å². The predicted octanol–water partition coefficient (Wildman–Crippen LogP) is 1.42. The van der Waals surface area contributed by atoms with Crippen LogP contribution in [-0.2, 0) is 4.74 Å². The molecule has 0 saturated carbocycles. The van der Waals surface area contributed by atoms with Crippen LogP contribution in [0.3, 0.4) is 0 Å². The zero-order chi connectivity index (χ0) is 8.81. The van der Waals surface area contributed by atoms with Crippen molar-refractivity contribution >= 4 is 5.78 Å². The van der Waals surface area contributed by atoms with E-state index < -0.39 is 0 Å². The first-order valence-corrected chi connectivity index (χ1v) is 3.49. The molecular formula is C9H9NO2. The Hall–Kier alpha value is -1.64. The van der Waals surface area contributed by atoms with Gasteiger partial charge < -0.3 is 4.74 Å². The third-order valence-corrected chi connectivity index (χ3v) is 1.27. The first kappa shape index (κ1) is 8.46. The normalized spacial score (nSPS) is 10.1. The van der Waals surface area contributed by atoms with Crippen molar-refractivity contribution in [2.24, 2.45) is 0 Å². The fourth-order valence-corrected chi connectivity index (χ4v) is 0.724. The second-order valence-electron chi connectivity index (χ2n) is 2.12. The molecule has 3 heteroatoms. The van der Waals surface area contributed by atoms with Crippen LogP contribution in [0.15, 0.2) is 36.7 Å². The van der Waals surface area contributed by atoms with Crippen LogP contribution in [0, 0.1) is 0 Å². The highest BCUT2D eigenvalue weighted by Crippen LogP contribution is 1.95. The van der Waals surface area contributed by atoms with Crippen molar-refractivity contribution in [2.75, 3.05) is 7.11 Å². The number of methoxy groups -OCH3 is 1. The molecule has 1 rings (SSSR count). The lowest BCUT2D eigenvalue weighted by Crippen LogP contribution is -1.96. The van der Waals surface area contributed by atoms with E-state index in [0.29, 0.717) is 5.69 Å². The molecule has 1 heterocycles. The van der Waals surface area contributed by atoms with Crippen LogP contribution in [0.5, 0.6) is 0 Å². The third-order valence-electron chi connectivity index (χ3n) is 1.27. The molecule has 0 aliphatic rings. The summed E-state index contributed by atoms with van der Waals surface area (Å²) in [6.07, 6.45) is 4.24. The lowest BCUT2D eigenvalue weighted by molar-refractivity contribution is 0.103. The predicted molar refractivity (Wildman–Crippen MR) is 44.7 cm³/mol. The van der Waals surface area contributed by atoms with Gasteiger partial charge in [-0.15, -0.1) is 0 Å². The Morgan fingerprint density at radius 2 is 2.42 bits per heavy atom. The van der Waals surface area contributed by atoms with Crippen molar-refractivity contribution in [1.29, 1.82) is 0 Å². The van der Waals surface area contributed by atoms with Crippen molar-refractivity contribution in [3.8, 4) is 0 Å². The topological polar surface area (TPSA) is 39.2 Å². The van der Waals surface area contributed by atoms with E-state index in [1.807, 2.05) is 0 Å². The van der Waals surface area contributed by atoms with Crippen LogP contribution in [-0.4, -0.2) is 17.9 Å². The number of aromatic nitrogens is 1.